The lowest BCUT2D eigenvalue weighted by Gasteiger charge is -2.20. The summed E-state index contributed by atoms with van der Waals surface area (Å²) in [6.45, 7) is 11.7. The normalized spacial score (nSPS) is 16.9. The van der Waals surface area contributed by atoms with Gasteiger partial charge in [0.2, 0.25) is 0 Å². The van der Waals surface area contributed by atoms with Crippen LogP contribution in [-0.4, -0.2) is 34.1 Å². The summed E-state index contributed by atoms with van der Waals surface area (Å²) in [5.74, 6) is 0. The molecule has 0 atom stereocenters. The van der Waals surface area contributed by atoms with Gasteiger partial charge in [0, 0.05) is 24.3 Å². The number of aryl methyl sites for hydroxylation is 1. The maximum atomic E-state index is 4.62. The van der Waals surface area contributed by atoms with Crippen LogP contribution >= 0.6 is 0 Å². The fourth-order valence-electron chi connectivity index (χ4n) is 3.40. The van der Waals surface area contributed by atoms with E-state index < -0.39 is 0 Å². The van der Waals surface area contributed by atoms with Crippen LogP contribution in [0.25, 0.3) is 11.0 Å². The van der Waals surface area contributed by atoms with E-state index in [0.717, 1.165) is 12.2 Å². The van der Waals surface area contributed by atoms with Gasteiger partial charge in [-0.05, 0) is 62.0 Å². The first-order chi connectivity index (χ1) is 10.1. The Hall–Kier alpha value is -1.35. The topological polar surface area (TPSA) is 21.1 Å². The third-order valence-corrected chi connectivity index (χ3v) is 4.54. The molecule has 0 amide bonds. The second-order valence-corrected chi connectivity index (χ2v) is 7.26. The van der Waals surface area contributed by atoms with Crippen molar-refractivity contribution in [2.24, 2.45) is 0 Å². The van der Waals surface area contributed by atoms with Gasteiger partial charge >= 0.3 is 0 Å². The quantitative estimate of drug-likeness (QED) is 0.851. The largest absolute Gasteiger partial charge is 0.332 e. The Bertz CT molecular complexity index is 600. The zero-order valence-electron chi connectivity index (χ0n) is 13.6. The minimum absolute atomic E-state index is 0.170. The number of hydrogen-bond donors (Lipinski definition) is 0. The Labute approximate surface area is 128 Å². The Morgan fingerprint density at radius 2 is 1.86 bits per heavy atom. The van der Waals surface area contributed by atoms with E-state index in [9.17, 15) is 0 Å². The lowest BCUT2D eigenvalue weighted by Crippen LogP contribution is -2.21. The molecule has 21 heavy (non-hydrogen) atoms. The molecule has 2 aromatic rings. The molecule has 1 aliphatic heterocycles. The highest BCUT2D eigenvalue weighted by Crippen LogP contribution is 2.29. The summed E-state index contributed by atoms with van der Waals surface area (Å²) < 4.78 is 2.32. The summed E-state index contributed by atoms with van der Waals surface area (Å²) in [7, 11) is 0. The maximum absolute atomic E-state index is 4.62. The molecular formula is C18H27N3. The van der Waals surface area contributed by atoms with Gasteiger partial charge in [-0.15, -0.1) is 0 Å². The van der Waals surface area contributed by atoms with Gasteiger partial charge in [0.25, 0.3) is 0 Å². The summed E-state index contributed by atoms with van der Waals surface area (Å²) in [5.41, 5.74) is 2.71. The van der Waals surface area contributed by atoms with Crippen LogP contribution in [0.5, 0.6) is 0 Å². The van der Waals surface area contributed by atoms with E-state index >= 15 is 0 Å². The van der Waals surface area contributed by atoms with E-state index in [1.165, 1.54) is 49.8 Å². The van der Waals surface area contributed by atoms with Crippen LogP contribution < -0.4 is 0 Å². The molecule has 0 aromatic carbocycles. The number of nitrogens with zero attached hydrogens (tertiary/aromatic N) is 3. The van der Waals surface area contributed by atoms with Crippen LogP contribution in [-0.2, 0) is 12.0 Å². The van der Waals surface area contributed by atoms with Gasteiger partial charge in [-0.25, -0.2) is 4.98 Å². The molecule has 3 heteroatoms. The predicted octanol–water partition coefficient (Wildman–Crippen LogP) is 3.82. The molecule has 0 saturated carbocycles. The molecule has 0 aliphatic carbocycles. The average Bonchev–Trinajstić information content (AvgIpc) is 3.07. The van der Waals surface area contributed by atoms with Crippen molar-refractivity contribution in [1.82, 2.24) is 14.5 Å². The highest BCUT2D eigenvalue weighted by molar-refractivity contribution is 5.81. The number of fused-ring (bicyclic) bond motifs is 1. The van der Waals surface area contributed by atoms with E-state index in [1.807, 2.05) is 6.20 Å². The van der Waals surface area contributed by atoms with Gasteiger partial charge in [0.05, 0.1) is 0 Å². The molecule has 1 aliphatic rings. The molecule has 0 bridgehead atoms. The monoisotopic (exact) mass is 285 g/mol. The van der Waals surface area contributed by atoms with Gasteiger partial charge in [-0.3, -0.25) is 0 Å². The van der Waals surface area contributed by atoms with E-state index in [4.69, 9.17) is 0 Å². The van der Waals surface area contributed by atoms with Crippen molar-refractivity contribution in [2.45, 2.75) is 52.0 Å². The standard InChI is InChI=1S/C18H27N3/c1-18(2,3)16-7-9-19-17-15(16)8-14-21(17)13-6-12-20-10-4-5-11-20/h7-9,14H,4-6,10-13H2,1-3H3. The van der Waals surface area contributed by atoms with E-state index in [2.05, 4.69) is 53.6 Å². The SMILES string of the molecule is CC(C)(C)c1ccnc2c1ccn2CCCN1CCCC1. The summed E-state index contributed by atoms with van der Waals surface area (Å²) >= 11 is 0. The third kappa shape index (κ3) is 3.13. The van der Waals surface area contributed by atoms with Crippen LogP contribution in [0.4, 0.5) is 0 Å². The summed E-state index contributed by atoms with van der Waals surface area (Å²) in [6.07, 6.45) is 8.13. The van der Waals surface area contributed by atoms with Crippen LogP contribution in [0.3, 0.4) is 0 Å². The van der Waals surface area contributed by atoms with Crippen LogP contribution in [0, 0.1) is 0 Å². The Morgan fingerprint density at radius 3 is 2.57 bits per heavy atom. The van der Waals surface area contributed by atoms with Crippen molar-refractivity contribution in [2.75, 3.05) is 19.6 Å². The first-order valence-electron chi connectivity index (χ1n) is 8.22. The molecule has 2 aromatic heterocycles. The zero-order valence-corrected chi connectivity index (χ0v) is 13.6. The molecule has 3 heterocycles. The van der Waals surface area contributed by atoms with Gasteiger partial charge in [0.15, 0.2) is 0 Å². The Balaban J connectivity index is 1.74. The van der Waals surface area contributed by atoms with Crippen molar-refractivity contribution < 1.29 is 0 Å². The molecule has 114 valence electrons. The summed E-state index contributed by atoms with van der Waals surface area (Å²) in [4.78, 5) is 7.20. The number of aromatic nitrogens is 2. The van der Waals surface area contributed by atoms with E-state index in [-0.39, 0.29) is 5.41 Å². The minimum Gasteiger partial charge on any atom is -0.332 e. The van der Waals surface area contributed by atoms with Crippen molar-refractivity contribution in [3.05, 3.63) is 30.1 Å². The molecule has 0 radical (unpaired) electrons. The van der Waals surface area contributed by atoms with E-state index in [1.54, 1.807) is 0 Å². The average molecular weight is 285 g/mol. The van der Waals surface area contributed by atoms with Gasteiger partial charge in [-0.2, -0.15) is 0 Å². The van der Waals surface area contributed by atoms with Gasteiger partial charge < -0.3 is 9.47 Å². The smallest absolute Gasteiger partial charge is 0.140 e. The van der Waals surface area contributed by atoms with Crippen molar-refractivity contribution in [1.29, 1.82) is 0 Å². The van der Waals surface area contributed by atoms with Crippen LogP contribution in [0.2, 0.25) is 0 Å². The number of pyridine rings is 1. The zero-order chi connectivity index (χ0) is 14.9. The first kappa shape index (κ1) is 14.6. The third-order valence-electron chi connectivity index (χ3n) is 4.54. The highest BCUT2D eigenvalue weighted by atomic mass is 15.1. The van der Waals surface area contributed by atoms with Crippen molar-refractivity contribution in [3.63, 3.8) is 0 Å². The van der Waals surface area contributed by atoms with Crippen LogP contribution in [0.15, 0.2) is 24.5 Å². The van der Waals surface area contributed by atoms with Gasteiger partial charge in [-0.1, -0.05) is 20.8 Å². The van der Waals surface area contributed by atoms with E-state index in [0.29, 0.717) is 0 Å². The molecule has 0 N–H and O–H groups in total. The van der Waals surface area contributed by atoms with Crippen molar-refractivity contribution >= 4 is 11.0 Å². The highest BCUT2D eigenvalue weighted by Gasteiger charge is 2.18. The number of rotatable bonds is 4. The molecule has 1 saturated heterocycles. The Morgan fingerprint density at radius 1 is 1.10 bits per heavy atom. The number of hydrogen-bond acceptors (Lipinski definition) is 2. The lowest BCUT2D eigenvalue weighted by atomic mass is 9.86. The molecule has 0 spiro atoms. The fourth-order valence-corrected chi connectivity index (χ4v) is 3.40. The summed E-state index contributed by atoms with van der Waals surface area (Å²) in [5, 5.41) is 1.31. The first-order valence-corrected chi connectivity index (χ1v) is 8.22. The molecule has 3 nitrogen and oxygen atoms in total. The Kier molecular flexibility index (Phi) is 4.03. The maximum Gasteiger partial charge on any atom is 0.140 e. The predicted molar refractivity (Wildman–Crippen MR) is 88.7 cm³/mol. The molecule has 1 fully saturated rings. The fraction of sp³-hybridized carbons (Fsp3) is 0.611. The lowest BCUT2D eigenvalue weighted by molar-refractivity contribution is 0.326. The second-order valence-electron chi connectivity index (χ2n) is 7.26. The molecule has 0 unspecified atom stereocenters. The molecular weight excluding hydrogens is 258 g/mol. The van der Waals surface area contributed by atoms with Gasteiger partial charge in [0.1, 0.15) is 5.65 Å². The van der Waals surface area contributed by atoms with Crippen LogP contribution in [0.1, 0.15) is 45.6 Å². The van der Waals surface area contributed by atoms with Crippen molar-refractivity contribution in [3.8, 4) is 0 Å². The summed E-state index contributed by atoms with van der Waals surface area (Å²) in [6, 6.07) is 4.40. The minimum atomic E-state index is 0.170. The molecule has 3 rings (SSSR count). The second kappa shape index (κ2) is 5.80. The number of likely N-dealkylation sites (tertiary alicyclic amines) is 1.